The third-order valence-electron chi connectivity index (χ3n) is 3.04. The predicted octanol–water partition coefficient (Wildman–Crippen LogP) is 1.71. The Bertz CT molecular complexity index is 526. The molecule has 0 radical (unpaired) electrons. The molecule has 4 N–H and O–H groups in total. The molecule has 2 atom stereocenters. The molecule has 0 fully saturated rings. The van der Waals surface area contributed by atoms with E-state index in [1.807, 2.05) is 0 Å². The number of benzene rings is 1. The summed E-state index contributed by atoms with van der Waals surface area (Å²) in [7, 11) is 1.40. The van der Waals surface area contributed by atoms with Crippen molar-refractivity contribution in [2.45, 2.75) is 45.0 Å². The first-order valence-electron chi connectivity index (χ1n) is 7.34. The number of aliphatic hydroxyl groups excluding tert-OH is 2. The van der Waals surface area contributed by atoms with E-state index in [0.29, 0.717) is 0 Å². The lowest BCUT2D eigenvalue weighted by Gasteiger charge is -2.22. The third-order valence-corrected chi connectivity index (χ3v) is 3.04. The van der Waals surface area contributed by atoms with Crippen LogP contribution in [0.4, 0.5) is 4.79 Å². The first kappa shape index (κ1) is 19.1. The summed E-state index contributed by atoms with van der Waals surface area (Å²) in [6.45, 7) is 5.36. The first-order valence-corrected chi connectivity index (χ1v) is 7.34. The van der Waals surface area contributed by atoms with Gasteiger partial charge in [0.25, 0.3) is 0 Å². The number of carbonyl (C=O) groups is 1. The molecule has 1 aromatic rings. The summed E-state index contributed by atoms with van der Waals surface area (Å²) in [6.07, 6.45) is -2.96. The van der Waals surface area contributed by atoms with Crippen LogP contribution in [-0.4, -0.2) is 46.8 Å². The van der Waals surface area contributed by atoms with Crippen molar-refractivity contribution in [2.24, 2.45) is 0 Å². The van der Waals surface area contributed by atoms with E-state index >= 15 is 0 Å². The van der Waals surface area contributed by atoms with Gasteiger partial charge in [0.15, 0.2) is 11.5 Å². The molecule has 1 aromatic carbocycles. The number of hydrogen-bond donors (Lipinski definition) is 4. The lowest BCUT2D eigenvalue weighted by Crippen LogP contribution is -2.34. The van der Waals surface area contributed by atoms with E-state index in [9.17, 15) is 20.1 Å². The third kappa shape index (κ3) is 5.96. The number of ether oxygens (including phenoxy) is 2. The van der Waals surface area contributed by atoms with Gasteiger partial charge in [0.05, 0.1) is 13.2 Å². The molecular weight excluding hydrogens is 302 g/mol. The number of phenolic OH excluding ortho intramolecular Hbond substituents is 1. The molecule has 1 rings (SSSR count). The molecule has 0 saturated carbocycles. The van der Waals surface area contributed by atoms with E-state index in [4.69, 9.17) is 9.47 Å². The summed E-state index contributed by atoms with van der Waals surface area (Å²) in [5.74, 6) is -0.0118. The molecule has 0 bridgehead atoms. The second-order valence-electron chi connectivity index (χ2n) is 6.13. The monoisotopic (exact) mass is 327 g/mol. The van der Waals surface area contributed by atoms with Crippen LogP contribution in [0.1, 0.15) is 38.9 Å². The maximum Gasteiger partial charge on any atom is 0.407 e. The molecule has 7 heteroatoms. The van der Waals surface area contributed by atoms with Crippen LogP contribution in [0.15, 0.2) is 18.2 Å². The summed E-state index contributed by atoms with van der Waals surface area (Å²) in [6, 6.07) is 4.64. The van der Waals surface area contributed by atoms with Crippen molar-refractivity contribution in [3.05, 3.63) is 23.8 Å². The summed E-state index contributed by atoms with van der Waals surface area (Å²) in [4.78, 5) is 11.5. The summed E-state index contributed by atoms with van der Waals surface area (Å²) < 4.78 is 10.0. The van der Waals surface area contributed by atoms with Crippen molar-refractivity contribution in [2.75, 3.05) is 13.7 Å². The van der Waals surface area contributed by atoms with E-state index in [1.54, 1.807) is 32.9 Å². The number of carbonyl (C=O) groups excluding carboxylic acids is 1. The average molecular weight is 327 g/mol. The number of methoxy groups -OCH3 is 1. The Labute approximate surface area is 135 Å². The average Bonchev–Trinajstić information content (AvgIpc) is 2.44. The molecule has 0 spiro atoms. The Balaban J connectivity index is 2.55. The topological polar surface area (TPSA) is 108 Å². The number of rotatable bonds is 6. The highest BCUT2D eigenvalue weighted by molar-refractivity contribution is 5.67. The van der Waals surface area contributed by atoms with Crippen LogP contribution in [0.3, 0.4) is 0 Å². The number of aromatic hydroxyl groups is 1. The highest BCUT2D eigenvalue weighted by Crippen LogP contribution is 2.35. The van der Waals surface area contributed by atoms with Crippen molar-refractivity contribution in [3.8, 4) is 11.5 Å². The molecule has 0 aliphatic rings. The van der Waals surface area contributed by atoms with E-state index in [2.05, 4.69) is 5.32 Å². The molecule has 7 nitrogen and oxygen atoms in total. The second kappa shape index (κ2) is 8.03. The minimum Gasteiger partial charge on any atom is -0.504 e. The quantitative estimate of drug-likeness (QED) is 0.633. The Hall–Kier alpha value is -1.99. The van der Waals surface area contributed by atoms with Crippen molar-refractivity contribution < 1.29 is 29.6 Å². The molecule has 1 amide bonds. The van der Waals surface area contributed by atoms with E-state index in [0.717, 1.165) is 0 Å². The highest BCUT2D eigenvalue weighted by Gasteiger charge is 2.23. The second-order valence-corrected chi connectivity index (χ2v) is 6.13. The van der Waals surface area contributed by atoms with Crippen molar-refractivity contribution in [1.82, 2.24) is 5.32 Å². The van der Waals surface area contributed by atoms with Crippen molar-refractivity contribution >= 4 is 6.09 Å². The number of amides is 1. The molecule has 0 saturated heterocycles. The number of para-hydroxylation sites is 1. The fraction of sp³-hybridized carbons (Fsp3) is 0.562. The number of hydrogen-bond acceptors (Lipinski definition) is 6. The van der Waals surface area contributed by atoms with Crippen molar-refractivity contribution in [3.63, 3.8) is 0 Å². The Morgan fingerprint density at radius 3 is 2.52 bits per heavy atom. The highest BCUT2D eigenvalue weighted by atomic mass is 16.6. The SMILES string of the molecule is COc1cccc(C(O)C(O)CCNC(=O)OC(C)(C)C)c1O. The van der Waals surface area contributed by atoms with Gasteiger partial charge in [-0.2, -0.15) is 0 Å². The van der Waals surface area contributed by atoms with E-state index in [1.165, 1.54) is 13.2 Å². The van der Waals surface area contributed by atoms with Gasteiger partial charge in [0.1, 0.15) is 11.7 Å². The standard InChI is InChI=1S/C16H25NO6/c1-16(2,3)23-15(21)17-9-8-11(18)13(19)10-6-5-7-12(22-4)14(10)20/h5-7,11,13,18-20H,8-9H2,1-4H3,(H,17,21). The lowest BCUT2D eigenvalue weighted by atomic mass is 10.0. The Morgan fingerprint density at radius 1 is 1.30 bits per heavy atom. The van der Waals surface area contributed by atoms with Gasteiger partial charge in [0.2, 0.25) is 0 Å². The maximum atomic E-state index is 11.5. The minimum absolute atomic E-state index is 0.0943. The van der Waals surface area contributed by atoms with E-state index < -0.39 is 23.9 Å². The first-order chi connectivity index (χ1) is 10.7. The van der Waals surface area contributed by atoms with E-state index in [-0.39, 0.29) is 30.0 Å². The van der Waals surface area contributed by atoms with Crippen LogP contribution in [0.25, 0.3) is 0 Å². The van der Waals surface area contributed by atoms with Gasteiger partial charge in [0, 0.05) is 12.1 Å². The molecule has 0 aromatic heterocycles. The molecule has 0 heterocycles. The summed E-state index contributed by atoms with van der Waals surface area (Å²) >= 11 is 0. The van der Waals surface area contributed by atoms with Gasteiger partial charge in [-0.1, -0.05) is 12.1 Å². The Kier molecular flexibility index (Phi) is 6.65. The zero-order chi connectivity index (χ0) is 17.6. The summed E-state index contributed by atoms with van der Waals surface area (Å²) in [5.41, 5.74) is -0.441. The van der Waals surface area contributed by atoms with Crippen LogP contribution < -0.4 is 10.1 Å². The number of nitrogens with one attached hydrogen (secondary N) is 1. The van der Waals surface area contributed by atoms with Gasteiger partial charge in [-0.25, -0.2) is 4.79 Å². The molecule has 23 heavy (non-hydrogen) atoms. The smallest absolute Gasteiger partial charge is 0.407 e. The van der Waals surface area contributed by atoms with Crippen LogP contribution in [0, 0.1) is 0 Å². The van der Waals surface area contributed by atoms with Crippen LogP contribution in [0.2, 0.25) is 0 Å². The normalized spacial score (nSPS) is 14.0. The van der Waals surface area contributed by atoms with Crippen LogP contribution in [-0.2, 0) is 4.74 Å². The zero-order valence-corrected chi connectivity index (χ0v) is 13.9. The van der Waals surface area contributed by atoms with Crippen LogP contribution >= 0.6 is 0 Å². The van der Waals surface area contributed by atoms with Crippen molar-refractivity contribution in [1.29, 1.82) is 0 Å². The zero-order valence-electron chi connectivity index (χ0n) is 13.9. The molecule has 130 valence electrons. The minimum atomic E-state index is -1.30. The summed E-state index contributed by atoms with van der Waals surface area (Å²) in [5, 5.41) is 32.6. The molecule has 2 unspecified atom stereocenters. The predicted molar refractivity (Wildman–Crippen MR) is 84.5 cm³/mol. The fourth-order valence-corrected chi connectivity index (χ4v) is 1.94. The van der Waals surface area contributed by atoms with Gasteiger partial charge in [-0.15, -0.1) is 0 Å². The number of alkyl carbamates (subject to hydrolysis) is 1. The maximum absolute atomic E-state index is 11.5. The van der Waals surface area contributed by atoms with Gasteiger partial charge >= 0.3 is 6.09 Å². The fourth-order valence-electron chi connectivity index (χ4n) is 1.94. The Morgan fingerprint density at radius 2 is 1.96 bits per heavy atom. The number of aliphatic hydroxyl groups is 2. The molecular formula is C16H25NO6. The largest absolute Gasteiger partial charge is 0.504 e. The van der Waals surface area contributed by atoms with Gasteiger partial charge in [-0.3, -0.25) is 0 Å². The van der Waals surface area contributed by atoms with Gasteiger partial charge in [-0.05, 0) is 33.3 Å². The van der Waals surface area contributed by atoms with Crippen LogP contribution in [0.5, 0.6) is 11.5 Å². The number of phenols is 1. The molecule has 0 aliphatic carbocycles. The molecule has 0 aliphatic heterocycles. The lowest BCUT2D eigenvalue weighted by molar-refractivity contribution is 0.0109. The van der Waals surface area contributed by atoms with Gasteiger partial charge < -0.3 is 30.1 Å².